The minimum Gasteiger partial charge on any atom is -0.444 e. The van der Waals surface area contributed by atoms with Crippen molar-refractivity contribution in [3.63, 3.8) is 0 Å². The van der Waals surface area contributed by atoms with Gasteiger partial charge in [-0.15, -0.1) is 6.42 Å². The molecule has 0 aliphatic carbocycles. The number of amides is 1. The van der Waals surface area contributed by atoms with Gasteiger partial charge in [0.25, 0.3) is 0 Å². The van der Waals surface area contributed by atoms with Crippen molar-refractivity contribution >= 4 is 6.09 Å². The van der Waals surface area contributed by atoms with Crippen LogP contribution in [0.4, 0.5) is 4.79 Å². The van der Waals surface area contributed by atoms with E-state index < -0.39 is 17.7 Å². The van der Waals surface area contributed by atoms with Crippen molar-refractivity contribution in [2.24, 2.45) is 0 Å². The third-order valence-corrected chi connectivity index (χ3v) is 2.62. The molecule has 0 fully saturated rings. The minimum absolute atomic E-state index is 0.0784. The van der Waals surface area contributed by atoms with Crippen LogP contribution in [0.2, 0.25) is 0 Å². The van der Waals surface area contributed by atoms with Crippen LogP contribution in [-0.4, -0.2) is 34.9 Å². The summed E-state index contributed by atoms with van der Waals surface area (Å²) < 4.78 is 5.34. The van der Waals surface area contributed by atoms with Crippen LogP contribution in [-0.2, 0) is 4.74 Å². The van der Waals surface area contributed by atoms with Crippen molar-refractivity contribution in [3.05, 3.63) is 35.9 Å². The van der Waals surface area contributed by atoms with Gasteiger partial charge in [-0.25, -0.2) is 4.79 Å². The Morgan fingerprint density at radius 2 is 2.00 bits per heavy atom. The number of aliphatic hydroxyl groups is 1. The van der Waals surface area contributed by atoms with Gasteiger partial charge in [-0.1, -0.05) is 36.3 Å². The summed E-state index contributed by atoms with van der Waals surface area (Å²) in [7, 11) is 0. The van der Waals surface area contributed by atoms with Gasteiger partial charge in [0.05, 0.1) is 19.2 Å². The molecule has 0 aromatic heterocycles. The molecule has 0 saturated heterocycles. The van der Waals surface area contributed by atoms with E-state index in [4.69, 9.17) is 11.2 Å². The third kappa shape index (κ3) is 4.60. The van der Waals surface area contributed by atoms with Gasteiger partial charge >= 0.3 is 6.09 Å². The fourth-order valence-corrected chi connectivity index (χ4v) is 1.78. The first-order valence-corrected chi connectivity index (χ1v) is 6.48. The first kappa shape index (κ1) is 16.1. The summed E-state index contributed by atoms with van der Waals surface area (Å²) in [5, 5.41) is 9.61. The highest BCUT2D eigenvalue weighted by Crippen LogP contribution is 2.22. The molecule has 4 heteroatoms. The molecule has 0 spiro atoms. The number of hydrogen-bond donors (Lipinski definition) is 1. The van der Waals surface area contributed by atoms with Crippen LogP contribution in [0.5, 0.6) is 0 Å². The zero-order chi connectivity index (χ0) is 15.2. The molecule has 0 saturated carbocycles. The quantitative estimate of drug-likeness (QED) is 0.859. The molecule has 0 radical (unpaired) electrons. The van der Waals surface area contributed by atoms with Gasteiger partial charge in [-0.05, 0) is 26.3 Å². The van der Waals surface area contributed by atoms with E-state index in [0.717, 1.165) is 5.56 Å². The summed E-state index contributed by atoms with van der Waals surface area (Å²) in [6, 6.07) is 8.74. The van der Waals surface area contributed by atoms with Crippen molar-refractivity contribution in [3.8, 4) is 12.3 Å². The Labute approximate surface area is 120 Å². The zero-order valence-electron chi connectivity index (χ0n) is 12.2. The number of rotatable bonds is 4. The lowest BCUT2D eigenvalue weighted by molar-refractivity contribution is 0.0125. The van der Waals surface area contributed by atoms with Crippen molar-refractivity contribution in [2.75, 3.05) is 13.2 Å². The first-order valence-electron chi connectivity index (χ1n) is 6.48. The monoisotopic (exact) mass is 275 g/mol. The largest absolute Gasteiger partial charge is 0.444 e. The Balaban J connectivity index is 2.99. The molecule has 1 rings (SSSR count). The van der Waals surface area contributed by atoms with Crippen molar-refractivity contribution in [1.82, 2.24) is 4.90 Å². The second-order valence-corrected chi connectivity index (χ2v) is 5.42. The Kier molecular flexibility index (Phi) is 5.60. The maximum absolute atomic E-state index is 12.2. The Morgan fingerprint density at radius 1 is 1.40 bits per heavy atom. The molecule has 20 heavy (non-hydrogen) atoms. The van der Waals surface area contributed by atoms with E-state index in [1.807, 2.05) is 30.3 Å². The molecule has 1 aromatic carbocycles. The number of hydrogen-bond acceptors (Lipinski definition) is 3. The lowest BCUT2D eigenvalue weighted by Gasteiger charge is -2.31. The molecule has 0 unspecified atom stereocenters. The summed E-state index contributed by atoms with van der Waals surface area (Å²) in [5.41, 5.74) is 0.205. The van der Waals surface area contributed by atoms with Crippen LogP contribution in [0.1, 0.15) is 32.4 Å². The number of benzene rings is 1. The van der Waals surface area contributed by atoms with Crippen LogP contribution in [0.25, 0.3) is 0 Å². The Hall–Kier alpha value is -1.99. The lowest BCUT2D eigenvalue weighted by atomic mass is 10.1. The Morgan fingerprint density at radius 3 is 2.45 bits per heavy atom. The smallest absolute Gasteiger partial charge is 0.411 e. The fourth-order valence-electron chi connectivity index (χ4n) is 1.78. The van der Waals surface area contributed by atoms with Gasteiger partial charge in [-0.2, -0.15) is 0 Å². The molecular formula is C16H21NO3. The van der Waals surface area contributed by atoms with E-state index in [-0.39, 0.29) is 13.2 Å². The number of aliphatic hydroxyl groups excluding tert-OH is 1. The van der Waals surface area contributed by atoms with Gasteiger partial charge in [0, 0.05) is 0 Å². The molecule has 1 N–H and O–H groups in total. The van der Waals surface area contributed by atoms with E-state index in [9.17, 15) is 9.90 Å². The van der Waals surface area contributed by atoms with E-state index in [2.05, 4.69) is 5.92 Å². The van der Waals surface area contributed by atoms with Gasteiger partial charge < -0.3 is 9.84 Å². The van der Waals surface area contributed by atoms with Gasteiger partial charge in [-0.3, -0.25) is 4.90 Å². The second-order valence-electron chi connectivity index (χ2n) is 5.42. The van der Waals surface area contributed by atoms with Crippen molar-refractivity contribution in [1.29, 1.82) is 0 Å². The number of nitrogens with zero attached hydrogens (tertiary/aromatic N) is 1. The van der Waals surface area contributed by atoms with Crippen LogP contribution in [0.15, 0.2) is 30.3 Å². The number of terminal acetylenes is 1. The molecule has 108 valence electrons. The summed E-state index contributed by atoms with van der Waals surface area (Å²) in [4.78, 5) is 13.6. The number of carbonyl (C=O) groups is 1. The summed E-state index contributed by atoms with van der Waals surface area (Å²) >= 11 is 0. The number of carbonyl (C=O) groups excluding carboxylic acids is 1. The van der Waals surface area contributed by atoms with Crippen molar-refractivity contribution in [2.45, 2.75) is 32.4 Å². The fraction of sp³-hybridized carbons (Fsp3) is 0.438. The molecule has 0 heterocycles. The van der Waals surface area contributed by atoms with Gasteiger partial charge in [0.1, 0.15) is 5.60 Å². The SMILES string of the molecule is C#CCN(C(=O)OC(C)(C)C)[C@H](CO)c1ccccc1. The number of ether oxygens (including phenoxy) is 1. The molecule has 4 nitrogen and oxygen atoms in total. The highest BCUT2D eigenvalue weighted by Gasteiger charge is 2.28. The highest BCUT2D eigenvalue weighted by molar-refractivity contribution is 5.69. The van der Waals surface area contributed by atoms with E-state index in [0.29, 0.717) is 0 Å². The topological polar surface area (TPSA) is 49.8 Å². The van der Waals surface area contributed by atoms with Gasteiger partial charge in [0.15, 0.2) is 0 Å². The van der Waals surface area contributed by atoms with Crippen LogP contribution < -0.4 is 0 Å². The average molecular weight is 275 g/mol. The molecule has 0 aliphatic rings. The molecule has 1 amide bonds. The van der Waals surface area contributed by atoms with Crippen molar-refractivity contribution < 1.29 is 14.6 Å². The third-order valence-electron chi connectivity index (χ3n) is 2.62. The molecule has 0 bridgehead atoms. The first-order chi connectivity index (χ1) is 9.39. The second kappa shape index (κ2) is 6.97. The van der Waals surface area contributed by atoms with E-state index in [1.165, 1.54) is 4.90 Å². The maximum atomic E-state index is 12.2. The maximum Gasteiger partial charge on any atom is 0.411 e. The zero-order valence-corrected chi connectivity index (χ0v) is 12.2. The molecular weight excluding hydrogens is 254 g/mol. The van der Waals surface area contributed by atoms with Gasteiger partial charge in [0.2, 0.25) is 0 Å². The predicted molar refractivity (Wildman–Crippen MR) is 78.0 cm³/mol. The Bertz CT molecular complexity index is 471. The predicted octanol–water partition coefficient (Wildman–Crippen LogP) is 2.59. The summed E-state index contributed by atoms with van der Waals surface area (Å²) in [6.07, 6.45) is 4.79. The van der Waals surface area contributed by atoms with Crippen LogP contribution >= 0.6 is 0 Å². The molecule has 0 aliphatic heterocycles. The minimum atomic E-state index is -0.610. The summed E-state index contributed by atoms with van der Waals surface area (Å²) in [6.45, 7) is 5.22. The van der Waals surface area contributed by atoms with Crippen LogP contribution in [0.3, 0.4) is 0 Å². The normalized spacial score (nSPS) is 12.3. The molecule has 1 aromatic rings. The molecule has 1 atom stereocenters. The lowest BCUT2D eigenvalue weighted by Crippen LogP contribution is -2.40. The summed E-state index contributed by atoms with van der Waals surface area (Å²) in [5.74, 6) is 2.43. The average Bonchev–Trinajstić information content (AvgIpc) is 2.38. The van der Waals surface area contributed by atoms with Crippen LogP contribution in [0, 0.1) is 12.3 Å². The highest BCUT2D eigenvalue weighted by atomic mass is 16.6. The van der Waals surface area contributed by atoms with E-state index in [1.54, 1.807) is 20.8 Å². The standard InChI is InChI=1S/C16H21NO3/c1-5-11-17(15(19)20-16(2,3)4)14(12-18)13-9-7-6-8-10-13/h1,6-10,14,18H,11-12H2,2-4H3/t14-/m1/s1. The van der Waals surface area contributed by atoms with E-state index >= 15 is 0 Å².